The van der Waals surface area contributed by atoms with E-state index in [0.717, 1.165) is 11.8 Å². The second-order valence-electron chi connectivity index (χ2n) is 4.98. The van der Waals surface area contributed by atoms with Crippen molar-refractivity contribution in [3.05, 3.63) is 34.9 Å². The van der Waals surface area contributed by atoms with Crippen LogP contribution in [0, 0.1) is 6.92 Å². The summed E-state index contributed by atoms with van der Waals surface area (Å²) < 4.78 is 0. The molecule has 1 aliphatic carbocycles. The predicted molar refractivity (Wildman–Crippen MR) is 58.8 cm³/mol. The molecule has 3 rings (SSSR count). The van der Waals surface area contributed by atoms with Gasteiger partial charge in [0.05, 0.1) is 0 Å². The second-order valence-corrected chi connectivity index (χ2v) is 4.98. The number of hydrogen-bond acceptors (Lipinski definition) is 1. The molecular formula is C13H17N. The third-order valence-electron chi connectivity index (χ3n) is 3.76. The molecule has 2 atom stereocenters. The minimum atomic E-state index is 0.814. The molecule has 1 heteroatoms. The summed E-state index contributed by atoms with van der Waals surface area (Å²) in [5.74, 6) is 1.63. The van der Waals surface area contributed by atoms with Gasteiger partial charge in [-0.25, -0.2) is 0 Å². The molecule has 1 aromatic rings. The maximum atomic E-state index is 2.48. The van der Waals surface area contributed by atoms with Gasteiger partial charge in [0.15, 0.2) is 0 Å². The molecule has 0 amide bonds. The van der Waals surface area contributed by atoms with Gasteiger partial charge >= 0.3 is 0 Å². The van der Waals surface area contributed by atoms with Gasteiger partial charge in [-0.1, -0.05) is 23.8 Å². The molecule has 2 unspecified atom stereocenters. The summed E-state index contributed by atoms with van der Waals surface area (Å²) >= 11 is 0. The van der Waals surface area contributed by atoms with Gasteiger partial charge in [-0.05, 0) is 43.4 Å². The number of likely N-dealkylation sites (tertiary alicyclic amines) is 1. The van der Waals surface area contributed by atoms with Gasteiger partial charge in [-0.2, -0.15) is 0 Å². The van der Waals surface area contributed by atoms with Gasteiger partial charge in [0, 0.05) is 13.1 Å². The molecule has 74 valence electrons. The molecule has 1 heterocycles. The standard InChI is InChI=1S/C13H17N/c1-9-3-4-12-10-6-11(13(12)5-9)8-14(2)7-10/h3-5,10-11H,6-8H2,1-2H3. The summed E-state index contributed by atoms with van der Waals surface area (Å²) in [6, 6.07) is 7.02. The Balaban J connectivity index is 2.09. The fraction of sp³-hybridized carbons (Fsp3) is 0.538. The zero-order chi connectivity index (χ0) is 9.71. The van der Waals surface area contributed by atoms with Crippen molar-refractivity contribution in [1.82, 2.24) is 4.90 Å². The maximum absolute atomic E-state index is 2.48. The molecule has 1 aliphatic heterocycles. The van der Waals surface area contributed by atoms with E-state index in [0.29, 0.717) is 0 Å². The highest BCUT2D eigenvalue weighted by Gasteiger charge is 2.35. The van der Waals surface area contributed by atoms with Gasteiger partial charge < -0.3 is 4.90 Å². The number of likely N-dealkylation sites (N-methyl/N-ethyl adjacent to an activating group) is 1. The lowest BCUT2D eigenvalue weighted by molar-refractivity contribution is 0.245. The van der Waals surface area contributed by atoms with E-state index in [1.54, 1.807) is 11.1 Å². The molecule has 14 heavy (non-hydrogen) atoms. The Morgan fingerprint density at radius 1 is 1.14 bits per heavy atom. The van der Waals surface area contributed by atoms with E-state index in [4.69, 9.17) is 0 Å². The third kappa shape index (κ3) is 1.12. The zero-order valence-electron chi connectivity index (χ0n) is 8.96. The highest BCUT2D eigenvalue weighted by atomic mass is 15.1. The lowest BCUT2D eigenvalue weighted by atomic mass is 9.96. The first-order valence-electron chi connectivity index (χ1n) is 5.53. The van der Waals surface area contributed by atoms with Crippen molar-refractivity contribution >= 4 is 0 Å². The van der Waals surface area contributed by atoms with Crippen molar-refractivity contribution in [2.24, 2.45) is 0 Å². The minimum absolute atomic E-state index is 0.814. The van der Waals surface area contributed by atoms with Crippen LogP contribution in [0.4, 0.5) is 0 Å². The van der Waals surface area contributed by atoms with Crippen molar-refractivity contribution in [1.29, 1.82) is 0 Å². The molecule has 0 N–H and O–H groups in total. The normalized spacial score (nSPS) is 30.4. The number of aryl methyl sites for hydroxylation is 1. The summed E-state index contributed by atoms with van der Waals surface area (Å²) in [6.07, 6.45) is 1.39. The molecule has 0 spiro atoms. The van der Waals surface area contributed by atoms with Crippen LogP contribution in [0.1, 0.15) is 34.9 Å². The molecule has 2 aliphatic rings. The average Bonchev–Trinajstić information content (AvgIpc) is 2.39. The largest absolute Gasteiger partial charge is 0.305 e. The van der Waals surface area contributed by atoms with Crippen LogP contribution in [0.5, 0.6) is 0 Å². The van der Waals surface area contributed by atoms with Gasteiger partial charge in [-0.15, -0.1) is 0 Å². The van der Waals surface area contributed by atoms with E-state index in [1.807, 2.05) is 0 Å². The number of hydrogen-bond donors (Lipinski definition) is 0. The predicted octanol–water partition coefficient (Wildman–Crippen LogP) is 2.51. The van der Waals surface area contributed by atoms with E-state index < -0.39 is 0 Å². The summed E-state index contributed by atoms with van der Waals surface area (Å²) in [5.41, 5.74) is 4.68. The highest BCUT2D eigenvalue weighted by molar-refractivity contribution is 5.42. The van der Waals surface area contributed by atoms with Crippen LogP contribution in [0.2, 0.25) is 0 Å². The van der Waals surface area contributed by atoms with Crippen LogP contribution < -0.4 is 0 Å². The molecule has 1 aromatic carbocycles. The molecular weight excluding hydrogens is 170 g/mol. The Labute approximate surface area is 85.7 Å². The number of benzene rings is 1. The van der Waals surface area contributed by atoms with Crippen LogP contribution in [0.15, 0.2) is 18.2 Å². The van der Waals surface area contributed by atoms with E-state index in [9.17, 15) is 0 Å². The van der Waals surface area contributed by atoms with Crippen molar-refractivity contribution < 1.29 is 0 Å². The topological polar surface area (TPSA) is 3.24 Å². The second kappa shape index (κ2) is 2.83. The summed E-state index contributed by atoms with van der Waals surface area (Å²) in [4.78, 5) is 2.48. The molecule has 1 saturated heterocycles. The fourth-order valence-corrected chi connectivity index (χ4v) is 3.19. The van der Waals surface area contributed by atoms with Crippen molar-refractivity contribution in [2.75, 3.05) is 20.1 Å². The van der Waals surface area contributed by atoms with Gasteiger partial charge in [-0.3, -0.25) is 0 Å². The SMILES string of the molecule is Cc1ccc2c(c1)C1CC2CN(C)C1. The monoisotopic (exact) mass is 187 g/mol. The number of piperidine rings is 1. The van der Waals surface area contributed by atoms with Crippen LogP contribution >= 0.6 is 0 Å². The van der Waals surface area contributed by atoms with Gasteiger partial charge in [0.2, 0.25) is 0 Å². The third-order valence-corrected chi connectivity index (χ3v) is 3.76. The van der Waals surface area contributed by atoms with Gasteiger partial charge in [0.25, 0.3) is 0 Å². The van der Waals surface area contributed by atoms with Crippen LogP contribution in [-0.2, 0) is 0 Å². The van der Waals surface area contributed by atoms with Gasteiger partial charge in [0.1, 0.15) is 0 Å². The Kier molecular flexibility index (Phi) is 1.72. The van der Waals surface area contributed by atoms with Crippen LogP contribution in [0.3, 0.4) is 0 Å². The average molecular weight is 187 g/mol. The number of nitrogens with zero attached hydrogens (tertiary/aromatic N) is 1. The Bertz CT molecular complexity index is 367. The molecule has 2 bridgehead atoms. The molecule has 1 nitrogen and oxygen atoms in total. The van der Waals surface area contributed by atoms with Crippen LogP contribution in [0.25, 0.3) is 0 Å². The molecule has 0 radical (unpaired) electrons. The lowest BCUT2D eigenvalue weighted by Crippen LogP contribution is -2.31. The van der Waals surface area contributed by atoms with E-state index in [1.165, 1.54) is 25.1 Å². The van der Waals surface area contributed by atoms with Crippen LogP contribution in [-0.4, -0.2) is 25.0 Å². The summed E-state index contributed by atoms with van der Waals surface area (Å²) in [5, 5.41) is 0. The highest BCUT2D eigenvalue weighted by Crippen LogP contribution is 2.45. The Morgan fingerprint density at radius 3 is 2.64 bits per heavy atom. The molecule has 1 fully saturated rings. The van der Waals surface area contributed by atoms with E-state index in [-0.39, 0.29) is 0 Å². The summed E-state index contributed by atoms with van der Waals surface area (Å²) in [6.45, 7) is 4.71. The van der Waals surface area contributed by atoms with Crippen molar-refractivity contribution in [3.8, 4) is 0 Å². The minimum Gasteiger partial charge on any atom is -0.305 e. The fourth-order valence-electron chi connectivity index (χ4n) is 3.19. The first-order chi connectivity index (χ1) is 6.74. The van der Waals surface area contributed by atoms with Crippen molar-refractivity contribution in [3.63, 3.8) is 0 Å². The van der Waals surface area contributed by atoms with Crippen molar-refractivity contribution in [2.45, 2.75) is 25.2 Å². The maximum Gasteiger partial charge on any atom is 0.00478 e. The quantitative estimate of drug-likeness (QED) is 0.603. The smallest absolute Gasteiger partial charge is 0.00478 e. The Morgan fingerprint density at radius 2 is 1.86 bits per heavy atom. The van der Waals surface area contributed by atoms with E-state index >= 15 is 0 Å². The van der Waals surface area contributed by atoms with E-state index in [2.05, 4.69) is 37.1 Å². The Hall–Kier alpha value is -0.820. The molecule has 0 aromatic heterocycles. The first-order valence-corrected chi connectivity index (χ1v) is 5.53. The lowest BCUT2D eigenvalue weighted by Gasteiger charge is -2.28. The molecule has 0 saturated carbocycles. The zero-order valence-corrected chi connectivity index (χ0v) is 8.96. The summed E-state index contributed by atoms with van der Waals surface area (Å²) in [7, 11) is 2.25. The number of fused-ring (bicyclic) bond motifs is 5. The number of rotatable bonds is 0. The first kappa shape index (κ1) is 8.49.